The first-order chi connectivity index (χ1) is 9.12. The summed E-state index contributed by atoms with van der Waals surface area (Å²) in [6.45, 7) is 6.49. The lowest BCUT2D eigenvalue weighted by atomic mass is 9.85. The van der Waals surface area contributed by atoms with Crippen LogP contribution in [0.5, 0.6) is 0 Å². The summed E-state index contributed by atoms with van der Waals surface area (Å²) in [6, 6.07) is 4.32. The second-order valence-electron chi connectivity index (χ2n) is 5.96. The van der Waals surface area contributed by atoms with Gasteiger partial charge in [-0.1, -0.05) is 26.3 Å². The van der Waals surface area contributed by atoms with Crippen molar-refractivity contribution in [2.45, 2.75) is 38.5 Å². The predicted octanol–water partition coefficient (Wildman–Crippen LogP) is 3.61. The Bertz CT molecular complexity index is 411. The molecule has 0 bridgehead atoms. The number of thiophene rings is 1. The van der Waals surface area contributed by atoms with Crippen molar-refractivity contribution >= 4 is 41.3 Å². The summed E-state index contributed by atoms with van der Waals surface area (Å²) in [6.07, 6.45) is 4.12. The Kier molecular flexibility index (Phi) is 7.29. The highest BCUT2D eigenvalue weighted by Crippen LogP contribution is 2.27. The summed E-state index contributed by atoms with van der Waals surface area (Å²) in [5.41, 5.74) is 0.141. The molecular formula is C15H26IN3S. The first kappa shape index (κ1) is 17.8. The number of hydrogen-bond donors (Lipinski definition) is 2. The van der Waals surface area contributed by atoms with Crippen LogP contribution >= 0.6 is 35.3 Å². The smallest absolute Gasteiger partial charge is 0.191 e. The van der Waals surface area contributed by atoms with E-state index < -0.39 is 0 Å². The highest BCUT2D eigenvalue weighted by atomic mass is 127. The molecular weight excluding hydrogens is 381 g/mol. The van der Waals surface area contributed by atoms with Gasteiger partial charge in [0.15, 0.2) is 5.96 Å². The zero-order valence-electron chi connectivity index (χ0n) is 12.6. The maximum absolute atomic E-state index is 4.30. The number of hydrogen-bond acceptors (Lipinski definition) is 2. The van der Waals surface area contributed by atoms with Crippen LogP contribution in [0.15, 0.2) is 22.5 Å². The molecule has 20 heavy (non-hydrogen) atoms. The third-order valence-electron chi connectivity index (χ3n) is 3.89. The van der Waals surface area contributed by atoms with Crippen molar-refractivity contribution in [2.24, 2.45) is 10.9 Å². The minimum Gasteiger partial charge on any atom is -0.356 e. The van der Waals surface area contributed by atoms with Crippen LogP contribution in [0.1, 0.15) is 38.0 Å². The van der Waals surface area contributed by atoms with Gasteiger partial charge in [-0.15, -0.1) is 35.3 Å². The number of nitrogens with zero attached hydrogens (tertiary/aromatic N) is 1. The number of rotatable bonds is 5. The number of nitrogens with one attached hydrogen (secondary N) is 2. The summed E-state index contributed by atoms with van der Waals surface area (Å²) in [5.74, 6) is 1.78. The van der Waals surface area contributed by atoms with Gasteiger partial charge < -0.3 is 10.6 Å². The van der Waals surface area contributed by atoms with Gasteiger partial charge in [-0.25, -0.2) is 0 Å². The van der Waals surface area contributed by atoms with Gasteiger partial charge in [0.1, 0.15) is 0 Å². The van der Waals surface area contributed by atoms with Gasteiger partial charge in [-0.05, 0) is 30.2 Å². The molecule has 0 spiro atoms. The maximum atomic E-state index is 4.30. The first-order valence-electron chi connectivity index (χ1n) is 7.10. The van der Waals surface area contributed by atoms with Crippen molar-refractivity contribution in [1.29, 1.82) is 0 Å². The third-order valence-corrected chi connectivity index (χ3v) is 5.13. The molecule has 3 nitrogen and oxygen atoms in total. The second-order valence-corrected chi connectivity index (χ2v) is 6.91. The molecule has 1 aromatic rings. The summed E-state index contributed by atoms with van der Waals surface area (Å²) in [7, 11) is 1.84. The number of aliphatic imine (C=N–C) groups is 1. The molecule has 1 aromatic heterocycles. The zero-order chi connectivity index (χ0) is 13.7. The lowest BCUT2D eigenvalue weighted by Crippen LogP contribution is -2.45. The molecule has 1 heterocycles. The van der Waals surface area contributed by atoms with Crippen LogP contribution in [0.25, 0.3) is 0 Å². The van der Waals surface area contributed by atoms with Crippen LogP contribution in [-0.2, 0) is 5.41 Å². The van der Waals surface area contributed by atoms with Crippen molar-refractivity contribution in [3.8, 4) is 0 Å². The molecule has 5 heteroatoms. The third kappa shape index (κ3) is 4.91. The highest BCUT2D eigenvalue weighted by Gasteiger charge is 2.22. The summed E-state index contributed by atoms with van der Waals surface area (Å²) < 4.78 is 0. The van der Waals surface area contributed by atoms with E-state index in [0.29, 0.717) is 0 Å². The quantitative estimate of drug-likeness (QED) is 0.445. The van der Waals surface area contributed by atoms with E-state index in [9.17, 15) is 0 Å². The molecule has 1 aliphatic rings. The van der Waals surface area contributed by atoms with Gasteiger partial charge in [0.2, 0.25) is 0 Å². The molecule has 1 saturated carbocycles. The predicted molar refractivity (Wildman–Crippen MR) is 99.5 cm³/mol. The average Bonchev–Trinajstić information content (AvgIpc) is 2.85. The fourth-order valence-corrected chi connectivity index (χ4v) is 3.07. The van der Waals surface area contributed by atoms with Crippen LogP contribution in [0.2, 0.25) is 0 Å². The van der Waals surface area contributed by atoms with Crippen LogP contribution in [0.4, 0.5) is 0 Å². The van der Waals surface area contributed by atoms with Crippen LogP contribution in [0, 0.1) is 5.92 Å². The lowest BCUT2D eigenvalue weighted by molar-refractivity contribution is 0.314. The molecule has 0 radical (unpaired) electrons. The summed E-state index contributed by atoms with van der Waals surface area (Å²) in [5, 5.41) is 9.02. The van der Waals surface area contributed by atoms with Crippen molar-refractivity contribution in [3.63, 3.8) is 0 Å². The van der Waals surface area contributed by atoms with Crippen LogP contribution in [-0.4, -0.2) is 26.1 Å². The summed E-state index contributed by atoms with van der Waals surface area (Å²) >= 11 is 1.82. The molecule has 0 unspecified atom stereocenters. The molecule has 0 atom stereocenters. The van der Waals surface area contributed by atoms with Gasteiger partial charge in [0, 0.05) is 30.4 Å². The maximum Gasteiger partial charge on any atom is 0.191 e. The minimum absolute atomic E-state index is 0. The number of guanidine groups is 1. The van der Waals surface area contributed by atoms with Crippen molar-refractivity contribution in [3.05, 3.63) is 22.4 Å². The summed E-state index contributed by atoms with van der Waals surface area (Å²) in [4.78, 5) is 5.71. The van der Waals surface area contributed by atoms with Gasteiger partial charge in [0.05, 0.1) is 0 Å². The first-order valence-corrected chi connectivity index (χ1v) is 7.98. The van der Waals surface area contributed by atoms with E-state index in [2.05, 4.69) is 47.0 Å². The normalized spacial score (nSPS) is 16.2. The highest BCUT2D eigenvalue weighted by molar-refractivity contribution is 14.0. The van der Waals surface area contributed by atoms with Crippen molar-refractivity contribution in [2.75, 3.05) is 20.1 Å². The fourth-order valence-electron chi connectivity index (χ4n) is 2.21. The Labute approximate surface area is 143 Å². The molecule has 0 aromatic carbocycles. The number of halogens is 1. The van der Waals surface area contributed by atoms with E-state index in [1.54, 1.807) is 0 Å². The molecule has 114 valence electrons. The molecule has 1 aliphatic carbocycles. The fraction of sp³-hybridized carbons (Fsp3) is 0.667. The molecule has 1 fully saturated rings. The lowest BCUT2D eigenvalue weighted by Gasteiger charge is -2.28. The molecule has 2 rings (SSSR count). The van der Waals surface area contributed by atoms with E-state index in [1.165, 1.54) is 24.1 Å². The van der Waals surface area contributed by atoms with E-state index in [4.69, 9.17) is 0 Å². The molecule has 0 saturated heterocycles. The van der Waals surface area contributed by atoms with Gasteiger partial charge in [0.25, 0.3) is 0 Å². The Morgan fingerprint density at radius 1 is 1.40 bits per heavy atom. The van der Waals surface area contributed by atoms with Crippen LogP contribution < -0.4 is 10.6 Å². The van der Waals surface area contributed by atoms with Crippen molar-refractivity contribution < 1.29 is 0 Å². The topological polar surface area (TPSA) is 36.4 Å². The second kappa shape index (κ2) is 8.22. The Balaban J connectivity index is 0.00000200. The van der Waals surface area contributed by atoms with E-state index in [0.717, 1.165) is 25.0 Å². The standard InChI is InChI=1S/C15H25N3S.HI/c1-15(2,13-8-5-9-19-13)11-18-14(16-3)17-10-12-6-4-7-12;/h5,8-9,12H,4,6-7,10-11H2,1-3H3,(H2,16,17,18);1H. The zero-order valence-corrected chi connectivity index (χ0v) is 15.8. The van der Waals surface area contributed by atoms with Gasteiger partial charge in [-0.3, -0.25) is 4.99 Å². The Hall–Kier alpha value is -0.300. The average molecular weight is 407 g/mol. The van der Waals surface area contributed by atoms with E-state index in [1.807, 2.05) is 18.4 Å². The van der Waals surface area contributed by atoms with Gasteiger partial charge in [-0.2, -0.15) is 0 Å². The Morgan fingerprint density at radius 2 is 2.15 bits per heavy atom. The van der Waals surface area contributed by atoms with Crippen molar-refractivity contribution in [1.82, 2.24) is 10.6 Å². The molecule has 2 N–H and O–H groups in total. The van der Waals surface area contributed by atoms with Crippen LogP contribution in [0.3, 0.4) is 0 Å². The SMILES string of the molecule is CN=C(NCC1CCC1)NCC(C)(C)c1cccs1.I. The van der Waals surface area contributed by atoms with Gasteiger partial charge >= 0.3 is 0 Å². The van der Waals surface area contributed by atoms with E-state index >= 15 is 0 Å². The molecule has 0 amide bonds. The largest absolute Gasteiger partial charge is 0.356 e. The molecule has 0 aliphatic heterocycles. The van der Waals surface area contributed by atoms with E-state index in [-0.39, 0.29) is 29.4 Å². The minimum atomic E-state index is 0. The monoisotopic (exact) mass is 407 g/mol. The Morgan fingerprint density at radius 3 is 2.65 bits per heavy atom.